The van der Waals surface area contributed by atoms with Crippen LogP contribution in [-0.2, 0) is 20.1 Å². The van der Waals surface area contributed by atoms with E-state index in [-0.39, 0.29) is 24.0 Å². The molecule has 1 heterocycles. The average Bonchev–Trinajstić information content (AvgIpc) is 2.85. The Balaban J connectivity index is 0.00000220. The highest BCUT2D eigenvalue weighted by molar-refractivity contribution is 14.0. The number of hydrogen-bond donors (Lipinski definition) is 1. The number of aliphatic imine (C=N–C) groups is 1. The largest absolute Gasteiger partial charge is 0.349 e. The molecule has 2 rings (SSSR count). The predicted octanol–water partition coefficient (Wildman–Crippen LogP) is 1.64. The summed E-state index contributed by atoms with van der Waals surface area (Å²) in [6.07, 6.45) is 1.69. The smallest absolute Gasteiger partial charge is 0.194 e. The van der Waals surface area contributed by atoms with Gasteiger partial charge in [0.15, 0.2) is 11.8 Å². The van der Waals surface area contributed by atoms with Crippen LogP contribution in [0.25, 0.3) is 0 Å². The highest BCUT2D eigenvalue weighted by atomic mass is 127. The van der Waals surface area contributed by atoms with Crippen LogP contribution in [0.1, 0.15) is 11.4 Å². The van der Waals surface area contributed by atoms with Gasteiger partial charge in [-0.25, -0.2) is 9.98 Å². The maximum Gasteiger partial charge on any atom is 0.194 e. The zero-order chi connectivity index (χ0) is 14.4. The molecule has 6 nitrogen and oxygen atoms in total. The molecule has 0 saturated carbocycles. The number of nitrogens with zero attached hydrogens (tertiary/aromatic N) is 5. The van der Waals surface area contributed by atoms with E-state index in [2.05, 4.69) is 32.5 Å². The van der Waals surface area contributed by atoms with Gasteiger partial charge in [0.05, 0.1) is 13.1 Å². The Kier molecular flexibility index (Phi) is 7.13. The van der Waals surface area contributed by atoms with Crippen molar-refractivity contribution in [3.63, 3.8) is 0 Å². The molecule has 0 spiro atoms. The van der Waals surface area contributed by atoms with Crippen molar-refractivity contribution in [3.05, 3.63) is 48.0 Å². The summed E-state index contributed by atoms with van der Waals surface area (Å²) in [4.78, 5) is 10.7. The van der Waals surface area contributed by atoms with Gasteiger partial charge in [-0.15, -0.1) is 24.0 Å². The second kappa shape index (κ2) is 8.60. The molecule has 0 aliphatic heterocycles. The predicted molar refractivity (Wildman–Crippen MR) is 94.5 cm³/mol. The van der Waals surface area contributed by atoms with Gasteiger partial charge in [0.25, 0.3) is 0 Å². The fourth-order valence-electron chi connectivity index (χ4n) is 1.73. The monoisotopic (exact) mass is 400 g/mol. The van der Waals surface area contributed by atoms with E-state index in [0.29, 0.717) is 13.1 Å². The minimum atomic E-state index is 0. The molecule has 1 aromatic carbocycles. The van der Waals surface area contributed by atoms with Crippen LogP contribution in [0, 0.1) is 0 Å². The summed E-state index contributed by atoms with van der Waals surface area (Å²) < 4.78 is 1.69. The molecule has 0 bridgehead atoms. The van der Waals surface area contributed by atoms with Crippen molar-refractivity contribution in [2.24, 2.45) is 12.0 Å². The van der Waals surface area contributed by atoms with E-state index in [1.165, 1.54) is 5.56 Å². The third-order valence-electron chi connectivity index (χ3n) is 2.73. The summed E-state index contributed by atoms with van der Waals surface area (Å²) in [5, 5.41) is 7.49. The summed E-state index contributed by atoms with van der Waals surface area (Å²) in [5.74, 6) is 1.57. The van der Waals surface area contributed by atoms with Crippen LogP contribution in [0.4, 0.5) is 0 Å². The molecule has 0 radical (unpaired) electrons. The summed E-state index contributed by atoms with van der Waals surface area (Å²) >= 11 is 0. The van der Waals surface area contributed by atoms with Gasteiger partial charge in [-0.2, -0.15) is 5.10 Å². The molecule has 1 aromatic heterocycles. The SMILES string of the molecule is CN(C)C(=NCc1ccccc1)NCc1ncn(C)n1.I. The summed E-state index contributed by atoms with van der Waals surface area (Å²) in [7, 11) is 5.78. The Labute approximate surface area is 142 Å². The standard InChI is InChI=1S/C14H20N6.HI/c1-19(2)14(15-9-12-7-5-4-6-8-12)16-10-13-17-11-20(3)18-13;/h4-8,11H,9-10H2,1-3H3,(H,15,16);1H. The number of halogens is 1. The number of hydrogen-bond acceptors (Lipinski definition) is 3. The second-order valence-corrected chi connectivity index (χ2v) is 4.71. The highest BCUT2D eigenvalue weighted by Crippen LogP contribution is 2.00. The van der Waals surface area contributed by atoms with E-state index in [1.54, 1.807) is 11.0 Å². The Morgan fingerprint density at radius 3 is 2.57 bits per heavy atom. The lowest BCUT2D eigenvalue weighted by atomic mass is 10.2. The van der Waals surface area contributed by atoms with Gasteiger partial charge in [-0.1, -0.05) is 30.3 Å². The number of aryl methyl sites for hydroxylation is 1. The van der Waals surface area contributed by atoms with Gasteiger partial charge >= 0.3 is 0 Å². The van der Waals surface area contributed by atoms with Crippen molar-refractivity contribution in [3.8, 4) is 0 Å². The molecule has 0 fully saturated rings. The van der Waals surface area contributed by atoms with Crippen LogP contribution < -0.4 is 5.32 Å². The molecule has 1 N–H and O–H groups in total. The zero-order valence-electron chi connectivity index (χ0n) is 12.5. The number of benzene rings is 1. The first-order valence-corrected chi connectivity index (χ1v) is 6.49. The summed E-state index contributed by atoms with van der Waals surface area (Å²) in [5.41, 5.74) is 1.18. The lowest BCUT2D eigenvalue weighted by Crippen LogP contribution is -2.36. The lowest BCUT2D eigenvalue weighted by molar-refractivity contribution is 0.574. The van der Waals surface area contributed by atoms with Crippen LogP contribution in [-0.4, -0.2) is 39.7 Å². The quantitative estimate of drug-likeness (QED) is 0.482. The van der Waals surface area contributed by atoms with Gasteiger partial charge < -0.3 is 10.2 Å². The van der Waals surface area contributed by atoms with Crippen molar-refractivity contribution in [2.75, 3.05) is 14.1 Å². The first-order valence-electron chi connectivity index (χ1n) is 6.49. The molecular weight excluding hydrogens is 379 g/mol. The molecule has 0 aliphatic carbocycles. The molecule has 0 aliphatic rings. The van der Waals surface area contributed by atoms with E-state index in [4.69, 9.17) is 0 Å². The highest BCUT2D eigenvalue weighted by Gasteiger charge is 2.04. The fraction of sp³-hybridized carbons (Fsp3) is 0.357. The molecule has 0 atom stereocenters. The van der Waals surface area contributed by atoms with E-state index >= 15 is 0 Å². The Bertz CT molecular complexity index is 564. The number of aromatic nitrogens is 3. The van der Waals surface area contributed by atoms with E-state index in [0.717, 1.165) is 11.8 Å². The average molecular weight is 400 g/mol. The number of rotatable bonds is 4. The molecule has 0 saturated heterocycles. The van der Waals surface area contributed by atoms with Crippen molar-refractivity contribution >= 4 is 29.9 Å². The molecular formula is C14H21IN6. The maximum atomic E-state index is 4.58. The Morgan fingerprint density at radius 2 is 2.00 bits per heavy atom. The van der Waals surface area contributed by atoms with E-state index < -0.39 is 0 Å². The van der Waals surface area contributed by atoms with Crippen LogP contribution >= 0.6 is 24.0 Å². The van der Waals surface area contributed by atoms with Crippen molar-refractivity contribution in [1.29, 1.82) is 0 Å². The van der Waals surface area contributed by atoms with Crippen molar-refractivity contribution in [2.45, 2.75) is 13.1 Å². The van der Waals surface area contributed by atoms with Gasteiger partial charge in [0.1, 0.15) is 6.33 Å². The Morgan fingerprint density at radius 1 is 1.29 bits per heavy atom. The lowest BCUT2D eigenvalue weighted by Gasteiger charge is -2.16. The van der Waals surface area contributed by atoms with Gasteiger partial charge in [-0.3, -0.25) is 4.68 Å². The van der Waals surface area contributed by atoms with Crippen molar-refractivity contribution < 1.29 is 0 Å². The Hall–Kier alpha value is -1.64. The number of nitrogens with one attached hydrogen (secondary N) is 1. The van der Waals surface area contributed by atoms with Crippen LogP contribution in [0.5, 0.6) is 0 Å². The first kappa shape index (κ1) is 17.4. The van der Waals surface area contributed by atoms with Gasteiger partial charge in [0.2, 0.25) is 0 Å². The van der Waals surface area contributed by atoms with E-state index in [9.17, 15) is 0 Å². The molecule has 114 valence electrons. The topological polar surface area (TPSA) is 58.3 Å². The minimum absolute atomic E-state index is 0. The first-order chi connectivity index (χ1) is 9.65. The molecule has 0 amide bonds. The molecule has 7 heteroatoms. The second-order valence-electron chi connectivity index (χ2n) is 4.71. The minimum Gasteiger partial charge on any atom is -0.349 e. The van der Waals surface area contributed by atoms with Crippen molar-refractivity contribution in [1.82, 2.24) is 25.0 Å². The fourth-order valence-corrected chi connectivity index (χ4v) is 1.73. The van der Waals surface area contributed by atoms with Crippen LogP contribution in [0.15, 0.2) is 41.7 Å². The van der Waals surface area contributed by atoms with Gasteiger partial charge in [0, 0.05) is 21.1 Å². The van der Waals surface area contributed by atoms with Crippen LogP contribution in [0.3, 0.4) is 0 Å². The summed E-state index contributed by atoms with van der Waals surface area (Å²) in [6, 6.07) is 10.2. The molecule has 0 unspecified atom stereocenters. The zero-order valence-corrected chi connectivity index (χ0v) is 14.9. The maximum absolute atomic E-state index is 4.58. The third kappa shape index (κ3) is 5.70. The molecule has 2 aromatic rings. The van der Waals surface area contributed by atoms with E-state index in [1.807, 2.05) is 44.2 Å². The third-order valence-corrected chi connectivity index (χ3v) is 2.73. The number of guanidine groups is 1. The van der Waals surface area contributed by atoms with Crippen LogP contribution in [0.2, 0.25) is 0 Å². The normalized spacial score (nSPS) is 10.9. The van der Waals surface area contributed by atoms with Gasteiger partial charge in [-0.05, 0) is 5.56 Å². The summed E-state index contributed by atoms with van der Waals surface area (Å²) in [6.45, 7) is 1.21. The molecule has 21 heavy (non-hydrogen) atoms.